The molecule has 0 saturated heterocycles. The second-order valence-electron chi connectivity index (χ2n) is 3.40. The number of hydrogen-bond donors (Lipinski definition) is 0. The van der Waals surface area contributed by atoms with Gasteiger partial charge >= 0.3 is 5.97 Å². The highest BCUT2D eigenvalue weighted by atomic mass is 79.9. The van der Waals surface area contributed by atoms with Crippen LogP contribution in [0.4, 0.5) is 0 Å². The van der Waals surface area contributed by atoms with Gasteiger partial charge in [0.25, 0.3) is 0 Å². The molecular weight excluding hydrogens is 268 g/mol. The number of carbonyl (C=O) groups excluding carboxylic acids is 1. The Morgan fingerprint density at radius 2 is 1.94 bits per heavy atom. The second-order valence-corrected chi connectivity index (χ2v) is 4.32. The molecule has 84 valence electrons. The number of rotatable bonds is 3. The van der Waals surface area contributed by atoms with Crippen LogP contribution in [-0.4, -0.2) is 5.97 Å². The van der Waals surface area contributed by atoms with Gasteiger partial charge in [-0.1, -0.05) is 34.6 Å². The van der Waals surface area contributed by atoms with E-state index in [0.29, 0.717) is 0 Å². The molecule has 0 spiro atoms. The monoisotopic (exact) mass is 280 g/mol. The number of esters is 1. The Labute approximate surface area is 104 Å². The maximum atomic E-state index is 11.0. The maximum Gasteiger partial charge on any atom is 0.303 e. The van der Waals surface area contributed by atoms with Crippen molar-refractivity contribution < 1.29 is 9.53 Å². The molecule has 3 heteroatoms. The van der Waals surface area contributed by atoms with Crippen LogP contribution in [0.3, 0.4) is 0 Å². The Morgan fingerprint density at radius 3 is 2.38 bits per heavy atom. The Balaban J connectivity index is 3.05. The van der Waals surface area contributed by atoms with Crippen LogP contribution in [0.15, 0.2) is 46.6 Å². The van der Waals surface area contributed by atoms with Crippen LogP contribution in [0.1, 0.15) is 25.5 Å². The van der Waals surface area contributed by atoms with Crippen LogP contribution < -0.4 is 0 Å². The first-order valence-corrected chi connectivity index (χ1v) is 5.63. The van der Waals surface area contributed by atoms with E-state index >= 15 is 0 Å². The van der Waals surface area contributed by atoms with Crippen LogP contribution in [0.2, 0.25) is 0 Å². The van der Waals surface area contributed by atoms with Gasteiger partial charge in [0.05, 0.1) is 0 Å². The summed E-state index contributed by atoms with van der Waals surface area (Å²) in [5, 5.41) is 0. The average Bonchev–Trinajstić information content (AvgIpc) is 2.26. The molecule has 0 amide bonds. The molecule has 0 aromatic heterocycles. The molecule has 0 aliphatic heterocycles. The van der Waals surface area contributed by atoms with Crippen LogP contribution >= 0.6 is 15.9 Å². The van der Waals surface area contributed by atoms with Crippen molar-refractivity contribution in [3.05, 3.63) is 52.2 Å². The van der Waals surface area contributed by atoms with Gasteiger partial charge in [0.15, 0.2) is 6.10 Å². The molecule has 1 aromatic carbocycles. The van der Waals surface area contributed by atoms with Crippen LogP contribution in [0, 0.1) is 0 Å². The third-order valence-corrected chi connectivity index (χ3v) is 2.66. The SMILES string of the molecule is C=C=C(C)C(OC(C)=O)c1ccc(Br)cc1. The number of hydrogen-bond acceptors (Lipinski definition) is 2. The molecule has 0 heterocycles. The van der Waals surface area contributed by atoms with Crippen molar-refractivity contribution in [3.8, 4) is 0 Å². The van der Waals surface area contributed by atoms with Crippen LogP contribution in [0.5, 0.6) is 0 Å². The summed E-state index contributed by atoms with van der Waals surface area (Å²) in [5.74, 6) is -0.317. The molecule has 0 saturated carbocycles. The Morgan fingerprint density at radius 1 is 1.38 bits per heavy atom. The van der Waals surface area contributed by atoms with E-state index in [0.717, 1.165) is 15.6 Å². The van der Waals surface area contributed by atoms with Gasteiger partial charge in [-0.2, -0.15) is 0 Å². The highest BCUT2D eigenvalue weighted by Gasteiger charge is 2.16. The number of ether oxygens (including phenoxy) is 1. The molecule has 1 atom stereocenters. The van der Waals surface area contributed by atoms with Gasteiger partial charge < -0.3 is 4.74 Å². The van der Waals surface area contributed by atoms with E-state index in [1.54, 1.807) is 0 Å². The Bertz CT molecular complexity index is 428. The van der Waals surface area contributed by atoms with E-state index in [1.165, 1.54) is 6.92 Å². The van der Waals surface area contributed by atoms with Gasteiger partial charge in [0.2, 0.25) is 0 Å². The lowest BCUT2D eigenvalue weighted by atomic mass is 10.0. The summed E-state index contributed by atoms with van der Waals surface area (Å²) in [6, 6.07) is 7.61. The van der Waals surface area contributed by atoms with Gasteiger partial charge in [-0.25, -0.2) is 0 Å². The van der Waals surface area contributed by atoms with E-state index < -0.39 is 6.10 Å². The molecule has 2 nitrogen and oxygen atoms in total. The van der Waals surface area contributed by atoms with Crippen molar-refractivity contribution in [2.45, 2.75) is 20.0 Å². The molecular formula is C13H13BrO2. The number of benzene rings is 1. The predicted octanol–water partition coefficient (Wildman–Crippen LogP) is 3.78. The fraction of sp³-hybridized carbons (Fsp3) is 0.231. The van der Waals surface area contributed by atoms with Crippen molar-refractivity contribution in [2.75, 3.05) is 0 Å². The molecule has 0 aliphatic rings. The van der Waals surface area contributed by atoms with Gasteiger partial charge in [-0.15, -0.1) is 5.73 Å². The van der Waals surface area contributed by atoms with Gasteiger partial charge in [0, 0.05) is 17.0 Å². The minimum Gasteiger partial charge on any atom is -0.452 e. The Kier molecular flexibility index (Phi) is 4.53. The molecule has 1 aromatic rings. The Hall–Kier alpha value is -1.31. The summed E-state index contributed by atoms with van der Waals surface area (Å²) in [6.45, 7) is 6.80. The smallest absolute Gasteiger partial charge is 0.303 e. The second kappa shape index (κ2) is 5.69. The summed E-state index contributed by atoms with van der Waals surface area (Å²) in [6.07, 6.45) is -0.400. The fourth-order valence-electron chi connectivity index (χ4n) is 1.30. The first-order valence-electron chi connectivity index (χ1n) is 4.84. The summed E-state index contributed by atoms with van der Waals surface area (Å²) >= 11 is 3.36. The van der Waals surface area contributed by atoms with E-state index in [2.05, 4.69) is 28.2 Å². The lowest BCUT2D eigenvalue weighted by Crippen LogP contribution is -2.09. The molecule has 0 aliphatic carbocycles. The molecule has 16 heavy (non-hydrogen) atoms. The van der Waals surface area contributed by atoms with Gasteiger partial charge in [0.1, 0.15) is 0 Å². The predicted molar refractivity (Wildman–Crippen MR) is 67.0 cm³/mol. The van der Waals surface area contributed by atoms with Crippen molar-refractivity contribution in [1.82, 2.24) is 0 Å². The van der Waals surface area contributed by atoms with E-state index in [4.69, 9.17) is 4.74 Å². The van der Waals surface area contributed by atoms with Crippen molar-refractivity contribution in [2.24, 2.45) is 0 Å². The van der Waals surface area contributed by atoms with E-state index in [9.17, 15) is 4.79 Å². The first kappa shape index (κ1) is 12.8. The zero-order valence-corrected chi connectivity index (χ0v) is 10.9. The minimum atomic E-state index is -0.400. The zero-order chi connectivity index (χ0) is 12.1. The van der Waals surface area contributed by atoms with Crippen LogP contribution in [0.25, 0.3) is 0 Å². The summed E-state index contributed by atoms with van der Waals surface area (Å²) in [4.78, 5) is 11.0. The third kappa shape index (κ3) is 3.37. The summed E-state index contributed by atoms with van der Waals surface area (Å²) in [7, 11) is 0. The largest absolute Gasteiger partial charge is 0.452 e. The van der Waals surface area contributed by atoms with E-state index in [-0.39, 0.29) is 5.97 Å². The highest BCUT2D eigenvalue weighted by molar-refractivity contribution is 9.10. The third-order valence-electron chi connectivity index (χ3n) is 2.13. The van der Waals surface area contributed by atoms with Gasteiger partial charge in [-0.05, 0) is 24.6 Å². The molecule has 0 radical (unpaired) electrons. The lowest BCUT2D eigenvalue weighted by Gasteiger charge is -2.16. The topological polar surface area (TPSA) is 26.3 Å². The maximum absolute atomic E-state index is 11.0. The molecule has 1 rings (SSSR count). The molecule has 0 bridgehead atoms. The van der Waals surface area contributed by atoms with Crippen LogP contribution in [-0.2, 0) is 9.53 Å². The summed E-state index contributed by atoms with van der Waals surface area (Å²) < 4.78 is 6.22. The van der Waals surface area contributed by atoms with Crippen molar-refractivity contribution >= 4 is 21.9 Å². The zero-order valence-electron chi connectivity index (χ0n) is 9.29. The molecule has 0 N–H and O–H groups in total. The summed E-state index contributed by atoms with van der Waals surface area (Å²) in [5.41, 5.74) is 4.46. The fourth-order valence-corrected chi connectivity index (χ4v) is 1.57. The van der Waals surface area contributed by atoms with Crippen molar-refractivity contribution in [1.29, 1.82) is 0 Å². The normalized spacial score (nSPS) is 11.4. The highest BCUT2D eigenvalue weighted by Crippen LogP contribution is 2.26. The van der Waals surface area contributed by atoms with Crippen molar-refractivity contribution in [3.63, 3.8) is 0 Å². The average molecular weight is 281 g/mol. The molecule has 0 fully saturated rings. The van der Waals surface area contributed by atoms with Gasteiger partial charge in [-0.3, -0.25) is 4.79 Å². The van der Waals surface area contributed by atoms with E-state index in [1.807, 2.05) is 31.2 Å². The standard InChI is InChI=1S/C13H13BrO2/c1-4-9(2)13(16-10(3)15)11-5-7-12(14)8-6-11/h5-8,13H,1H2,2-3H3. The number of carbonyl (C=O) groups is 1. The number of halogens is 1. The molecule has 1 unspecified atom stereocenters. The quantitative estimate of drug-likeness (QED) is 0.622. The first-order chi connectivity index (χ1) is 7.54. The lowest BCUT2D eigenvalue weighted by molar-refractivity contribution is -0.144. The minimum absolute atomic E-state index is 0.317.